The maximum absolute atomic E-state index is 12.4. The fourth-order valence-electron chi connectivity index (χ4n) is 4.78. The third-order valence-corrected chi connectivity index (χ3v) is 7.81. The number of carboxylic acid groups (broad SMARTS) is 1. The normalized spacial score (nSPS) is 12.4. The average molecular weight is 661 g/mol. The Hall–Kier alpha value is -5.40. The second-order valence-corrected chi connectivity index (χ2v) is 12.8. The van der Waals surface area contributed by atoms with Crippen LogP contribution in [0.25, 0.3) is 0 Å². The summed E-state index contributed by atoms with van der Waals surface area (Å²) in [6.45, 7) is 2.35. The van der Waals surface area contributed by atoms with Crippen molar-refractivity contribution in [1.29, 1.82) is 0 Å². The third kappa shape index (κ3) is 9.55. The maximum atomic E-state index is 12.4. The summed E-state index contributed by atoms with van der Waals surface area (Å²) in [7, 11) is -3.45. The number of nitrogens with two attached hydrogens (primary N) is 2. The Morgan fingerprint density at radius 2 is 1.38 bits per heavy atom. The fraction of sp³-hybridized carbons (Fsp3) is 0.206. The Labute approximate surface area is 273 Å². The number of hydrogen-bond donors (Lipinski definition) is 4. The van der Waals surface area contributed by atoms with Crippen LogP contribution in [0.1, 0.15) is 23.1 Å². The van der Waals surface area contributed by atoms with E-state index in [9.17, 15) is 27.9 Å². The topological polar surface area (TPSA) is 191 Å². The lowest BCUT2D eigenvalue weighted by Crippen LogP contribution is -2.58. The molecule has 1 amide bonds. The van der Waals surface area contributed by atoms with Gasteiger partial charge in [-0.25, -0.2) is 13.2 Å². The van der Waals surface area contributed by atoms with E-state index in [2.05, 4.69) is 9.62 Å². The van der Waals surface area contributed by atoms with Crippen LogP contribution in [-0.2, 0) is 37.5 Å². The number of nitrogens with one attached hydrogen (secondary N) is 1. The third-order valence-electron chi connectivity index (χ3n) is 7.22. The molecule has 6 N–H and O–H groups in total. The first-order valence-electron chi connectivity index (χ1n) is 14.4. The van der Waals surface area contributed by atoms with Crippen LogP contribution in [0.4, 0.5) is 11.4 Å². The molecule has 246 valence electrons. The molecule has 0 radical (unpaired) electrons. The number of amides is 1. The van der Waals surface area contributed by atoms with E-state index in [1.807, 2.05) is 73.7 Å². The standard InChI is InChI=1S/C34H36N4O8S/c1-23-29(37-47(2,43)44)9-6-10-30(23)38(20-24-7-4-3-5-8-24)21-25-11-13-27(14-12-25)46-28-17-15-26(16-18-28)45-22-31(39)34(36,33(41)42)19-32(35)40/h3-18,37H,19-22,36H2,1-2H3,(H2,35,40)(H,41,42)/t34-/m1/s1. The van der Waals surface area contributed by atoms with Crippen LogP contribution in [0.5, 0.6) is 17.2 Å². The number of sulfonamides is 1. The first-order chi connectivity index (χ1) is 22.2. The molecule has 0 bridgehead atoms. The van der Waals surface area contributed by atoms with Gasteiger partial charge in [-0.05, 0) is 72.1 Å². The molecular formula is C34H36N4O8S. The lowest BCUT2D eigenvalue weighted by Gasteiger charge is -2.28. The monoisotopic (exact) mass is 660 g/mol. The summed E-state index contributed by atoms with van der Waals surface area (Å²) in [6, 6.07) is 29.4. The van der Waals surface area contributed by atoms with Gasteiger partial charge in [0, 0.05) is 18.8 Å². The molecule has 0 unspecified atom stereocenters. The van der Waals surface area contributed by atoms with Crippen molar-refractivity contribution in [3.05, 3.63) is 114 Å². The van der Waals surface area contributed by atoms with Gasteiger partial charge in [-0.2, -0.15) is 0 Å². The van der Waals surface area contributed by atoms with Crippen LogP contribution in [0.15, 0.2) is 97.1 Å². The molecule has 0 aliphatic rings. The zero-order valence-corrected chi connectivity index (χ0v) is 26.7. The van der Waals surface area contributed by atoms with Crippen molar-refractivity contribution in [2.24, 2.45) is 11.5 Å². The Kier molecular flexibility index (Phi) is 10.9. The van der Waals surface area contributed by atoms with Gasteiger partial charge in [0.25, 0.3) is 0 Å². The highest BCUT2D eigenvalue weighted by molar-refractivity contribution is 7.92. The summed E-state index contributed by atoms with van der Waals surface area (Å²) in [5.74, 6) is -2.37. The molecular weight excluding hydrogens is 624 g/mol. The summed E-state index contributed by atoms with van der Waals surface area (Å²) < 4.78 is 37.8. The van der Waals surface area contributed by atoms with Crippen LogP contribution in [0, 0.1) is 6.92 Å². The van der Waals surface area contributed by atoms with Crippen LogP contribution in [-0.4, -0.2) is 49.6 Å². The summed E-state index contributed by atoms with van der Waals surface area (Å²) in [5.41, 5.74) is 12.5. The minimum Gasteiger partial charge on any atom is -0.486 e. The Balaban J connectivity index is 1.43. The van der Waals surface area contributed by atoms with E-state index >= 15 is 0 Å². The summed E-state index contributed by atoms with van der Waals surface area (Å²) in [6.07, 6.45) is 0.274. The van der Waals surface area contributed by atoms with E-state index < -0.39 is 46.2 Å². The number of anilines is 2. The lowest BCUT2D eigenvalue weighted by atomic mass is 9.91. The predicted octanol–water partition coefficient (Wildman–Crippen LogP) is 3.97. The van der Waals surface area contributed by atoms with Gasteiger partial charge in [0.2, 0.25) is 21.7 Å². The molecule has 47 heavy (non-hydrogen) atoms. The van der Waals surface area contributed by atoms with Crippen molar-refractivity contribution < 1.29 is 37.4 Å². The first-order valence-corrected chi connectivity index (χ1v) is 16.3. The summed E-state index contributed by atoms with van der Waals surface area (Å²) in [5, 5.41) is 9.30. The second kappa shape index (κ2) is 14.8. The zero-order chi connectivity index (χ0) is 34.2. The molecule has 4 aromatic carbocycles. The van der Waals surface area contributed by atoms with Gasteiger partial charge in [-0.15, -0.1) is 0 Å². The first kappa shape index (κ1) is 34.5. The number of ether oxygens (including phenoxy) is 2. The highest BCUT2D eigenvalue weighted by Crippen LogP contribution is 2.31. The van der Waals surface area contributed by atoms with Crippen LogP contribution < -0.4 is 30.6 Å². The van der Waals surface area contributed by atoms with E-state index in [4.69, 9.17) is 20.9 Å². The SMILES string of the molecule is Cc1c(NS(C)(=O)=O)cccc1N(Cc1ccccc1)Cc1ccc(Oc2ccc(OCC(=O)[C@](N)(CC(N)=O)C(=O)O)cc2)cc1. The number of hydrogen-bond acceptors (Lipinski definition) is 9. The van der Waals surface area contributed by atoms with E-state index in [-0.39, 0.29) is 5.75 Å². The molecule has 0 fully saturated rings. The van der Waals surface area contributed by atoms with E-state index in [1.165, 1.54) is 0 Å². The van der Waals surface area contributed by atoms with E-state index in [1.54, 1.807) is 30.3 Å². The van der Waals surface area contributed by atoms with Gasteiger partial charge < -0.3 is 30.9 Å². The molecule has 0 spiro atoms. The van der Waals surface area contributed by atoms with Gasteiger partial charge in [0.15, 0.2) is 5.54 Å². The quantitative estimate of drug-likeness (QED) is 0.128. The molecule has 0 aliphatic heterocycles. The maximum Gasteiger partial charge on any atom is 0.332 e. The Morgan fingerprint density at radius 3 is 1.94 bits per heavy atom. The van der Waals surface area contributed by atoms with E-state index in [0.29, 0.717) is 30.3 Å². The number of aliphatic carboxylic acids is 1. The number of carbonyl (C=O) groups excluding carboxylic acids is 2. The molecule has 0 aliphatic carbocycles. The van der Waals surface area contributed by atoms with Gasteiger partial charge in [-0.3, -0.25) is 14.3 Å². The number of rotatable bonds is 16. The van der Waals surface area contributed by atoms with Crippen LogP contribution >= 0.6 is 0 Å². The van der Waals surface area contributed by atoms with Gasteiger partial charge in [0.1, 0.15) is 23.9 Å². The number of Topliss-reactive ketones (excluding diaryl/α,β-unsaturated/α-hetero) is 1. The summed E-state index contributed by atoms with van der Waals surface area (Å²) in [4.78, 5) is 37.2. The highest BCUT2D eigenvalue weighted by Gasteiger charge is 2.43. The zero-order valence-electron chi connectivity index (χ0n) is 25.9. The molecule has 0 saturated heterocycles. The fourth-order valence-corrected chi connectivity index (χ4v) is 5.40. The smallest absolute Gasteiger partial charge is 0.332 e. The number of carboxylic acids is 1. The lowest BCUT2D eigenvalue weighted by molar-refractivity contribution is -0.151. The van der Waals surface area contributed by atoms with Gasteiger partial charge in [0.05, 0.1) is 18.4 Å². The minimum atomic E-state index is -3.45. The largest absolute Gasteiger partial charge is 0.486 e. The van der Waals surface area contributed by atoms with Crippen molar-refractivity contribution in [3.63, 3.8) is 0 Å². The number of primary amides is 1. The number of nitrogens with zero attached hydrogens (tertiary/aromatic N) is 1. The molecule has 12 nitrogen and oxygen atoms in total. The van der Waals surface area contributed by atoms with Crippen LogP contribution in [0.2, 0.25) is 0 Å². The highest BCUT2D eigenvalue weighted by atomic mass is 32.2. The molecule has 0 aromatic heterocycles. The molecule has 4 aromatic rings. The molecule has 4 rings (SSSR count). The van der Waals surface area contributed by atoms with Gasteiger partial charge >= 0.3 is 5.97 Å². The molecule has 1 atom stereocenters. The molecule has 0 saturated carbocycles. The summed E-state index contributed by atoms with van der Waals surface area (Å²) >= 11 is 0. The number of carbonyl (C=O) groups is 3. The van der Waals surface area contributed by atoms with Crippen molar-refractivity contribution in [2.75, 3.05) is 22.5 Å². The van der Waals surface area contributed by atoms with Crippen LogP contribution in [0.3, 0.4) is 0 Å². The van der Waals surface area contributed by atoms with E-state index in [0.717, 1.165) is 28.6 Å². The Morgan fingerprint density at radius 1 is 0.830 bits per heavy atom. The van der Waals surface area contributed by atoms with Crippen molar-refractivity contribution in [1.82, 2.24) is 0 Å². The van der Waals surface area contributed by atoms with Crippen molar-refractivity contribution >= 4 is 39.1 Å². The van der Waals surface area contributed by atoms with Crippen molar-refractivity contribution in [3.8, 4) is 17.2 Å². The second-order valence-electron chi connectivity index (χ2n) is 11.0. The number of benzene rings is 4. The predicted molar refractivity (Wildman–Crippen MR) is 178 cm³/mol. The number of ketones is 1. The molecule has 0 heterocycles. The van der Waals surface area contributed by atoms with Crippen molar-refractivity contribution in [2.45, 2.75) is 32.0 Å². The van der Waals surface area contributed by atoms with Gasteiger partial charge in [-0.1, -0.05) is 48.5 Å². The Bertz CT molecular complexity index is 1830. The molecule has 13 heteroatoms. The minimum absolute atomic E-state index is 0.262. The average Bonchev–Trinajstić information content (AvgIpc) is 3.01.